The van der Waals surface area contributed by atoms with Crippen molar-refractivity contribution in [1.82, 2.24) is 14.5 Å². The zero-order valence-corrected chi connectivity index (χ0v) is 17.3. The Morgan fingerprint density at radius 1 is 1.16 bits per heavy atom. The Balaban J connectivity index is 1.82. The van der Waals surface area contributed by atoms with Crippen LogP contribution >= 0.6 is 11.6 Å². The minimum atomic E-state index is -4.48. The number of rotatable bonds is 3. The smallest absolute Gasteiger partial charge is 0.337 e. The van der Waals surface area contributed by atoms with Crippen molar-refractivity contribution in [3.05, 3.63) is 81.9 Å². The number of para-hydroxylation sites is 2. The number of aromatic amines is 1. The molecule has 2 aromatic heterocycles. The van der Waals surface area contributed by atoms with Crippen LogP contribution < -0.4 is 0 Å². The number of imidazole rings is 1. The molecule has 156 valence electrons. The average Bonchev–Trinajstić information content (AvgIpc) is 3.26. The molecule has 4 rings (SSSR count). The largest absolute Gasteiger partial charge is 0.416 e. The van der Waals surface area contributed by atoms with Gasteiger partial charge in [-0.3, -0.25) is 0 Å². The van der Waals surface area contributed by atoms with Gasteiger partial charge in [0, 0.05) is 11.4 Å². The summed E-state index contributed by atoms with van der Waals surface area (Å²) in [5, 5.41) is 9.89. The van der Waals surface area contributed by atoms with Crippen molar-refractivity contribution >= 4 is 34.3 Å². The van der Waals surface area contributed by atoms with Crippen molar-refractivity contribution in [3.63, 3.8) is 0 Å². The van der Waals surface area contributed by atoms with Gasteiger partial charge in [0.1, 0.15) is 11.9 Å². The lowest BCUT2D eigenvalue weighted by molar-refractivity contribution is -0.137. The molecule has 0 unspecified atom stereocenters. The molecule has 0 spiro atoms. The van der Waals surface area contributed by atoms with Gasteiger partial charge in [-0.2, -0.15) is 18.4 Å². The molecule has 0 saturated carbocycles. The number of aromatic nitrogens is 3. The number of hydrogen-bond donors (Lipinski definition) is 1. The molecule has 0 amide bonds. The number of nitriles is 1. The fourth-order valence-electron chi connectivity index (χ4n) is 3.55. The Morgan fingerprint density at radius 2 is 1.90 bits per heavy atom. The van der Waals surface area contributed by atoms with Crippen molar-refractivity contribution in [2.24, 2.45) is 0 Å². The topological polar surface area (TPSA) is 57.4 Å². The van der Waals surface area contributed by atoms with E-state index in [1.54, 1.807) is 30.6 Å². The van der Waals surface area contributed by atoms with E-state index >= 15 is 0 Å². The summed E-state index contributed by atoms with van der Waals surface area (Å²) >= 11 is 6.24. The molecule has 2 heterocycles. The second-order valence-electron chi connectivity index (χ2n) is 7.10. The Kier molecular flexibility index (Phi) is 5.11. The molecule has 31 heavy (non-hydrogen) atoms. The van der Waals surface area contributed by atoms with E-state index in [0.29, 0.717) is 28.3 Å². The number of aryl methyl sites for hydroxylation is 1. The zero-order valence-electron chi connectivity index (χ0n) is 16.5. The molecule has 4 nitrogen and oxygen atoms in total. The summed E-state index contributed by atoms with van der Waals surface area (Å²) in [5.41, 5.74) is 3.33. The van der Waals surface area contributed by atoms with Gasteiger partial charge >= 0.3 is 6.18 Å². The number of allylic oxidation sites excluding steroid dienone is 1. The number of halogens is 4. The Labute approximate surface area is 181 Å². The molecule has 0 atom stereocenters. The summed E-state index contributed by atoms with van der Waals surface area (Å²) in [4.78, 5) is 7.57. The first kappa shape index (κ1) is 20.8. The Bertz CT molecular complexity index is 1340. The predicted octanol–water partition coefficient (Wildman–Crippen LogP) is 6.71. The van der Waals surface area contributed by atoms with Crippen LogP contribution in [0.5, 0.6) is 0 Å². The molecule has 0 aliphatic rings. The van der Waals surface area contributed by atoms with Crippen LogP contribution in [0.2, 0.25) is 5.02 Å². The van der Waals surface area contributed by atoms with Crippen LogP contribution in [0.3, 0.4) is 0 Å². The number of H-pyrrole nitrogens is 1. The molecule has 8 heteroatoms. The fourth-order valence-corrected chi connectivity index (χ4v) is 3.76. The van der Waals surface area contributed by atoms with Gasteiger partial charge < -0.3 is 9.55 Å². The lowest BCUT2D eigenvalue weighted by Gasteiger charge is -2.15. The predicted molar refractivity (Wildman–Crippen MR) is 115 cm³/mol. The number of fused-ring (bicyclic) bond motifs is 1. The Hall–Kier alpha value is -3.50. The molecule has 0 radical (unpaired) electrons. The summed E-state index contributed by atoms with van der Waals surface area (Å²) in [6.07, 6.45) is -2.82. The number of nitrogens with one attached hydrogen (secondary N) is 1. The average molecular weight is 441 g/mol. The lowest BCUT2D eigenvalue weighted by atomic mass is 10.1. The summed E-state index contributed by atoms with van der Waals surface area (Å²) in [7, 11) is 0. The molecule has 1 N–H and O–H groups in total. The highest BCUT2D eigenvalue weighted by molar-refractivity contribution is 6.32. The number of benzene rings is 2. The molecule has 0 fully saturated rings. The van der Waals surface area contributed by atoms with Gasteiger partial charge in [-0.15, -0.1) is 0 Å². The van der Waals surface area contributed by atoms with Gasteiger partial charge in [0.2, 0.25) is 0 Å². The van der Waals surface area contributed by atoms with Gasteiger partial charge in [0.25, 0.3) is 0 Å². The minimum Gasteiger partial charge on any atom is -0.337 e. The van der Waals surface area contributed by atoms with Gasteiger partial charge in [-0.1, -0.05) is 23.7 Å². The van der Waals surface area contributed by atoms with Crippen LogP contribution in [0.1, 0.15) is 28.3 Å². The van der Waals surface area contributed by atoms with E-state index in [9.17, 15) is 18.4 Å². The van der Waals surface area contributed by atoms with Crippen LogP contribution in [-0.2, 0) is 6.18 Å². The molecular weight excluding hydrogens is 425 g/mol. The highest BCUT2D eigenvalue weighted by atomic mass is 35.5. The normalized spacial score (nSPS) is 12.4. The first-order valence-corrected chi connectivity index (χ1v) is 9.70. The standard InChI is InChI=1S/C23H16ClF3N4/c1-13-9-15(10-16(12-28)22-29-19-5-3-4-6-20(19)30-22)14(2)31(13)21-11-17(23(25,26)27)7-8-18(21)24/h3-11H,1-2H3,(H,29,30)/b16-10+. The van der Waals surface area contributed by atoms with E-state index < -0.39 is 11.7 Å². The molecule has 0 saturated heterocycles. The second kappa shape index (κ2) is 7.64. The summed E-state index contributed by atoms with van der Waals surface area (Å²) in [6.45, 7) is 3.54. The molecular formula is C23H16ClF3N4. The third-order valence-electron chi connectivity index (χ3n) is 5.05. The van der Waals surface area contributed by atoms with Crippen molar-refractivity contribution in [2.75, 3.05) is 0 Å². The van der Waals surface area contributed by atoms with Crippen molar-refractivity contribution in [2.45, 2.75) is 20.0 Å². The number of nitrogens with zero attached hydrogens (tertiary/aromatic N) is 3. The van der Waals surface area contributed by atoms with E-state index in [1.165, 1.54) is 6.07 Å². The van der Waals surface area contributed by atoms with Gasteiger partial charge in [-0.25, -0.2) is 4.98 Å². The summed E-state index contributed by atoms with van der Waals surface area (Å²) in [6, 6.07) is 14.6. The monoisotopic (exact) mass is 440 g/mol. The lowest BCUT2D eigenvalue weighted by Crippen LogP contribution is -2.07. The van der Waals surface area contributed by atoms with Crippen LogP contribution in [0, 0.1) is 25.2 Å². The van der Waals surface area contributed by atoms with Crippen molar-refractivity contribution in [1.29, 1.82) is 5.26 Å². The highest BCUT2D eigenvalue weighted by Crippen LogP contribution is 2.35. The molecule has 0 aliphatic carbocycles. The van der Waals surface area contributed by atoms with E-state index in [1.807, 2.05) is 24.3 Å². The molecule has 0 bridgehead atoms. The van der Waals surface area contributed by atoms with E-state index in [2.05, 4.69) is 16.0 Å². The van der Waals surface area contributed by atoms with E-state index in [-0.39, 0.29) is 10.7 Å². The zero-order chi connectivity index (χ0) is 22.3. The van der Waals surface area contributed by atoms with E-state index in [0.717, 1.165) is 23.2 Å². The fraction of sp³-hybridized carbons (Fsp3) is 0.130. The molecule has 2 aromatic carbocycles. The maximum atomic E-state index is 13.2. The third kappa shape index (κ3) is 3.82. The van der Waals surface area contributed by atoms with Crippen LogP contribution in [0.25, 0.3) is 28.4 Å². The summed E-state index contributed by atoms with van der Waals surface area (Å²) < 4.78 is 41.3. The quantitative estimate of drug-likeness (QED) is 0.360. The van der Waals surface area contributed by atoms with E-state index in [4.69, 9.17) is 11.6 Å². The maximum absolute atomic E-state index is 13.2. The Morgan fingerprint density at radius 3 is 2.58 bits per heavy atom. The number of alkyl halides is 3. The van der Waals surface area contributed by atoms with Gasteiger partial charge in [0.15, 0.2) is 0 Å². The minimum absolute atomic E-state index is 0.197. The summed E-state index contributed by atoms with van der Waals surface area (Å²) in [5.74, 6) is 0.422. The highest BCUT2D eigenvalue weighted by Gasteiger charge is 2.31. The number of hydrogen-bond acceptors (Lipinski definition) is 2. The SMILES string of the molecule is Cc1cc(/C=C(\C#N)c2nc3ccccc3[nH]2)c(C)n1-c1cc(C(F)(F)F)ccc1Cl. The first-order valence-electron chi connectivity index (χ1n) is 9.32. The third-order valence-corrected chi connectivity index (χ3v) is 5.37. The van der Waals surface area contributed by atoms with Crippen molar-refractivity contribution < 1.29 is 13.2 Å². The van der Waals surface area contributed by atoms with Crippen LogP contribution in [0.4, 0.5) is 13.2 Å². The van der Waals surface area contributed by atoms with Crippen LogP contribution in [0.15, 0.2) is 48.5 Å². The first-order chi connectivity index (χ1) is 14.7. The molecule has 4 aromatic rings. The second-order valence-corrected chi connectivity index (χ2v) is 7.51. The van der Waals surface area contributed by atoms with Crippen molar-refractivity contribution in [3.8, 4) is 11.8 Å². The maximum Gasteiger partial charge on any atom is 0.416 e. The molecule has 0 aliphatic heterocycles. The van der Waals surface area contributed by atoms with Crippen LogP contribution in [-0.4, -0.2) is 14.5 Å². The van der Waals surface area contributed by atoms with Gasteiger partial charge in [0.05, 0.1) is 32.9 Å². The van der Waals surface area contributed by atoms with Gasteiger partial charge in [-0.05, 0) is 61.9 Å².